The van der Waals surface area contributed by atoms with E-state index in [1.54, 1.807) is 0 Å². The van der Waals surface area contributed by atoms with Gasteiger partial charge in [-0.3, -0.25) is 9.59 Å². The lowest BCUT2D eigenvalue weighted by atomic mass is 10.2. The molecule has 1 aliphatic rings. The first-order valence-electron chi connectivity index (χ1n) is 10.7. The van der Waals surface area contributed by atoms with Gasteiger partial charge in [-0.15, -0.1) is 0 Å². The van der Waals surface area contributed by atoms with Gasteiger partial charge in [-0.2, -0.15) is 0 Å². The van der Waals surface area contributed by atoms with Crippen molar-refractivity contribution in [2.45, 2.75) is 51.5 Å². The molecule has 1 fully saturated rings. The van der Waals surface area contributed by atoms with E-state index in [0.717, 1.165) is 55.6 Å². The van der Waals surface area contributed by atoms with E-state index in [-0.39, 0.29) is 18.4 Å². The van der Waals surface area contributed by atoms with Crippen molar-refractivity contribution in [3.63, 3.8) is 0 Å². The molecule has 1 aliphatic heterocycles. The molecule has 0 aliphatic carbocycles. The maximum absolute atomic E-state index is 12.7. The molecule has 0 atom stereocenters. The van der Waals surface area contributed by atoms with Crippen molar-refractivity contribution in [2.75, 3.05) is 33.4 Å². The Morgan fingerprint density at radius 3 is 2.66 bits per heavy atom. The third-order valence-corrected chi connectivity index (χ3v) is 5.42. The zero-order chi connectivity index (χ0) is 20.5. The molecular formula is C22H32N4O3. The van der Waals surface area contributed by atoms with Gasteiger partial charge in [0, 0.05) is 46.1 Å². The highest BCUT2D eigenvalue weighted by Gasteiger charge is 2.17. The fourth-order valence-electron chi connectivity index (χ4n) is 3.91. The van der Waals surface area contributed by atoms with E-state index in [2.05, 4.69) is 16.0 Å². The number of nitrogens with one attached hydrogen (secondary N) is 1. The Balaban J connectivity index is 1.61. The summed E-state index contributed by atoms with van der Waals surface area (Å²) in [5.41, 5.74) is 2.02. The van der Waals surface area contributed by atoms with Crippen LogP contribution in [0.2, 0.25) is 0 Å². The summed E-state index contributed by atoms with van der Waals surface area (Å²) in [5, 5.41) is 2.84. The summed E-state index contributed by atoms with van der Waals surface area (Å²) in [6.45, 7) is 3.07. The number of para-hydroxylation sites is 2. The summed E-state index contributed by atoms with van der Waals surface area (Å²) < 4.78 is 6.99. The second kappa shape index (κ2) is 11.0. The molecule has 7 heteroatoms. The lowest BCUT2D eigenvalue weighted by Crippen LogP contribution is -2.32. The molecule has 2 heterocycles. The van der Waals surface area contributed by atoms with Crippen LogP contribution >= 0.6 is 0 Å². The number of likely N-dealkylation sites (tertiary alicyclic amines) is 1. The molecule has 3 rings (SSSR count). The van der Waals surface area contributed by atoms with Crippen molar-refractivity contribution < 1.29 is 14.3 Å². The van der Waals surface area contributed by atoms with Crippen LogP contribution in [0.25, 0.3) is 11.0 Å². The highest BCUT2D eigenvalue weighted by atomic mass is 16.5. The van der Waals surface area contributed by atoms with Crippen molar-refractivity contribution in [2.24, 2.45) is 0 Å². The van der Waals surface area contributed by atoms with E-state index in [4.69, 9.17) is 9.72 Å². The van der Waals surface area contributed by atoms with E-state index in [9.17, 15) is 9.59 Å². The van der Waals surface area contributed by atoms with Gasteiger partial charge < -0.3 is 19.5 Å². The average Bonchev–Trinajstić information content (AvgIpc) is 2.88. The number of hydrogen-bond acceptors (Lipinski definition) is 4. The van der Waals surface area contributed by atoms with Crippen LogP contribution in [0.3, 0.4) is 0 Å². The van der Waals surface area contributed by atoms with Gasteiger partial charge in [0.2, 0.25) is 11.8 Å². The molecule has 1 aromatic carbocycles. The van der Waals surface area contributed by atoms with Crippen molar-refractivity contribution in [1.82, 2.24) is 19.8 Å². The number of aryl methyl sites for hydroxylation is 2. The second-order valence-corrected chi connectivity index (χ2v) is 7.60. The molecule has 2 amide bonds. The Bertz CT molecular complexity index is 809. The molecule has 1 saturated heterocycles. The van der Waals surface area contributed by atoms with Gasteiger partial charge >= 0.3 is 0 Å². The number of carbonyl (C=O) groups excluding carboxylic acids is 2. The van der Waals surface area contributed by atoms with E-state index in [1.807, 2.05) is 23.1 Å². The number of nitrogens with zero attached hydrogens (tertiary/aromatic N) is 3. The number of benzene rings is 1. The molecule has 7 nitrogen and oxygen atoms in total. The Hall–Kier alpha value is -2.41. The van der Waals surface area contributed by atoms with Crippen LogP contribution in [0.15, 0.2) is 24.3 Å². The monoisotopic (exact) mass is 400 g/mol. The molecule has 0 saturated carbocycles. The Kier molecular flexibility index (Phi) is 8.04. The minimum atomic E-state index is -0.107. The first-order valence-corrected chi connectivity index (χ1v) is 10.7. The summed E-state index contributed by atoms with van der Waals surface area (Å²) >= 11 is 0. The molecule has 1 aromatic heterocycles. The summed E-state index contributed by atoms with van der Waals surface area (Å²) in [6, 6.07) is 8.05. The van der Waals surface area contributed by atoms with Gasteiger partial charge in [0.05, 0.1) is 11.0 Å². The van der Waals surface area contributed by atoms with Gasteiger partial charge in [0.15, 0.2) is 0 Å². The third kappa shape index (κ3) is 6.03. The predicted molar refractivity (Wildman–Crippen MR) is 113 cm³/mol. The largest absolute Gasteiger partial charge is 0.375 e. The third-order valence-electron chi connectivity index (χ3n) is 5.42. The maximum atomic E-state index is 12.7. The van der Waals surface area contributed by atoms with E-state index < -0.39 is 0 Å². The van der Waals surface area contributed by atoms with Crippen LogP contribution in [0.5, 0.6) is 0 Å². The van der Waals surface area contributed by atoms with E-state index in [0.29, 0.717) is 19.5 Å². The maximum Gasteiger partial charge on any atom is 0.245 e. The summed E-state index contributed by atoms with van der Waals surface area (Å²) in [4.78, 5) is 31.0. The number of amides is 2. The summed E-state index contributed by atoms with van der Waals surface area (Å²) in [6.07, 6.45) is 6.71. The highest BCUT2D eigenvalue weighted by Crippen LogP contribution is 2.18. The summed E-state index contributed by atoms with van der Waals surface area (Å²) in [5.74, 6) is 1.10. The normalized spacial score (nSPS) is 14.7. The molecule has 1 N–H and O–H groups in total. The number of methoxy groups -OCH3 is 1. The highest BCUT2D eigenvalue weighted by molar-refractivity contribution is 5.78. The van der Waals surface area contributed by atoms with Crippen molar-refractivity contribution >= 4 is 22.8 Å². The molecule has 0 unspecified atom stereocenters. The fraction of sp³-hybridized carbons (Fsp3) is 0.591. The van der Waals surface area contributed by atoms with Crippen molar-refractivity contribution in [3.05, 3.63) is 30.1 Å². The lowest BCUT2D eigenvalue weighted by molar-refractivity contribution is -0.131. The van der Waals surface area contributed by atoms with Crippen LogP contribution in [0.4, 0.5) is 0 Å². The van der Waals surface area contributed by atoms with Crippen LogP contribution in [-0.4, -0.2) is 59.6 Å². The first kappa shape index (κ1) is 21.3. The van der Waals surface area contributed by atoms with Crippen molar-refractivity contribution in [3.8, 4) is 0 Å². The number of imidazole rings is 1. The van der Waals surface area contributed by atoms with Crippen LogP contribution in [-0.2, 0) is 27.3 Å². The first-order chi connectivity index (χ1) is 14.2. The standard InChI is InChI=1S/C22H32N4O3/c1-29-17-21(27)23-13-8-11-20-24-18-9-4-5-10-19(18)26(20)16-12-22(28)25-14-6-2-3-7-15-25/h4-5,9-10H,2-3,6-8,11-17H2,1H3,(H,23,27). The number of hydrogen-bond donors (Lipinski definition) is 1. The van der Waals surface area contributed by atoms with E-state index in [1.165, 1.54) is 20.0 Å². The molecular weight excluding hydrogens is 368 g/mol. The number of rotatable bonds is 9. The summed E-state index contributed by atoms with van der Waals surface area (Å²) in [7, 11) is 1.51. The molecule has 2 aromatic rings. The molecule has 0 bridgehead atoms. The lowest BCUT2D eigenvalue weighted by Gasteiger charge is -2.20. The van der Waals surface area contributed by atoms with Crippen LogP contribution in [0, 0.1) is 0 Å². The zero-order valence-electron chi connectivity index (χ0n) is 17.4. The number of ether oxygens (including phenoxy) is 1. The number of fused-ring (bicyclic) bond motifs is 1. The SMILES string of the molecule is COCC(=O)NCCCc1nc2ccccc2n1CCC(=O)N1CCCCCC1. The zero-order valence-corrected chi connectivity index (χ0v) is 17.4. The molecule has 0 radical (unpaired) electrons. The van der Waals surface area contributed by atoms with Gasteiger partial charge in [0.25, 0.3) is 0 Å². The molecule has 0 spiro atoms. The molecule has 158 valence electrons. The minimum absolute atomic E-state index is 0.0805. The van der Waals surface area contributed by atoms with Gasteiger partial charge in [0.1, 0.15) is 12.4 Å². The Morgan fingerprint density at radius 1 is 1.14 bits per heavy atom. The van der Waals surface area contributed by atoms with Crippen molar-refractivity contribution in [1.29, 1.82) is 0 Å². The minimum Gasteiger partial charge on any atom is -0.375 e. The Labute approximate surface area is 172 Å². The fourth-order valence-corrected chi connectivity index (χ4v) is 3.91. The second-order valence-electron chi connectivity index (χ2n) is 7.60. The Morgan fingerprint density at radius 2 is 1.90 bits per heavy atom. The van der Waals surface area contributed by atoms with Crippen LogP contribution in [0.1, 0.15) is 44.3 Å². The average molecular weight is 401 g/mol. The number of carbonyl (C=O) groups is 2. The van der Waals surface area contributed by atoms with E-state index >= 15 is 0 Å². The predicted octanol–water partition coefficient (Wildman–Crippen LogP) is 2.52. The van der Waals surface area contributed by atoms with Gasteiger partial charge in [-0.25, -0.2) is 4.98 Å². The van der Waals surface area contributed by atoms with Gasteiger partial charge in [-0.1, -0.05) is 25.0 Å². The number of aromatic nitrogens is 2. The van der Waals surface area contributed by atoms with Gasteiger partial charge in [-0.05, 0) is 31.4 Å². The van der Waals surface area contributed by atoms with Crippen LogP contribution < -0.4 is 5.32 Å². The quantitative estimate of drug-likeness (QED) is 0.656. The topological polar surface area (TPSA) is 76.5 Å². The smallest absolute Gasteiger partial charge is 0.245 e. The molecule has 29 heavy (non-hydrogen) atoms.